The molecule has 4 fully saturated rings. The van der Waals surface area contributed by atoms with E-state index in [0.717, 1.165) is 14.7 Å². The lowest BCUT2D eigenvalue weighted by Gasteiger charge is -2.39. The number of anilines is 1. The molecule has 6 rings (SSSR count). The van der Waals surface area contributed by atoms with Crippen LogP contribution >= 0.6 is 22.6 Å². The van der Waals surface area contributed by atoms with Crippen molar-refractivity contribution in [3.8, 4) is 0 Å². The molecule has 1 aliphatic carbocycles. The van der Waals surface area contributed by atoms with Crippen LogP contribution in [-0.2, 0) is 35.2 Å². The summed E-state index contributed by atoms with van der Waals surface area (Å²) >= 11 is 2.15. The largest absolute Gasteiger partial charge is 0.394 e. The fraction of sp³-hybridized carbons (Fsp3) is 0.537. The first-order valence-corrected chi connectivity index (χ1v) is 20.8. The number of likely N-dealkylation sites (tertiary alicyclic amines) is 3. The van der Waals surface area contributed by atoms with Gasteiger partial charge in [-0.15, -0.1) is 0 Å². The van der Waals surface area contributed by atoms with E-state index in [2.05, 4.69) is 43.9 Å². The minimum absolute atomic E-state index is 0.0428. The van der Waals surface area contributed by atoms with Gasteiger partial charge in [0.05, 0.1) is 6.61 Å². The molecule has 1 saturated carbocycles. The number of nitrogens with zero attached hydrogens (tertiary/aromatic N) is 3. The quantitative estimate of drug-likeness (QED) is 0.200. The van der Waals surface area contributed by atoms with Gasteiger partial charge < -0.3 is 41.1 Å². The van der Waals surface area contributed by atoms with E-state index >= 15 is 0 Å². The molecule has 0 radical (unpaired) electrons. The molecule has 15 nitrogen and oxygen atoms in total. The van der Waals surface area contributed by atoms with E-state index in [4.69, 9.17) is 0 Å². The van der Waals surface area contributed by atoms with Gasteiger partial charge in [0, 0.05) is 41.7 Å². The van der Waals surface area contributed by atoms with E-state index < -0.39 is 72.0 Å². The summed E-state index contributed by atoms with van der Waals surface area (Å²) in [5, 5.41) is 21.3. The van der Waals surface area contributed by atoms with Gasteiger partial charge in [0.15, 0.2) is 5.78 Å². The number of aliphatic hydroxyl groups is 1. The van der Waals surface area contributed by atoms with Gasteiger partial charge in [0.2, 0.25) is 29.5 Å². The van der Waals surface area contributed by atoms with Gasteiger partial charge in [-0.25, -0.2) is 4.79 Å². The Kier molecular flexibility index (Phi) is 13.2. The number of benzene rings is 2. The number of piperidine rings is 1. The average Bonchev–Trinajstić information content (AvgIpc) is 3.47. The molecule has 2 aromatic rings. The van der Waals surface area contributed by atoms with Gasteiger partial charge in [0.25, 0.3) is 0 Å². The summed E-state index contributed by atoms with van der Waals surface area (Å²) in [6.07, 6.45) is 3.61. The second-order valence-corrected chi connectivity index (χ2v) is 17.2. The lowest BCUT2D eigenvalue weighted by Crippen LogP contribution is -2.61. The van der Waals surface area contributed by atoms with Crippen molar-refractivity contribution in [3.05, 3.63) is 63.2 Å². The standard InChI is InChI=1S/C41H52IN7O8/c1-24-8-6-9-27(18-24)19-30(46-40(57)44-29-14-12-28(42)13-15-29)35(52)45-31(23-50)38(55)48-17-7-11-33(48)39(56)47-16-5-4-10-32(47)36(53)43-26(3)37(54)49-22-25(2)20-41(49)21-34(41)51/h6,8-9,12-15,18,25-26,30-33,50H,4-5,7,10-11,16-17,19-23H2,1-3H3,(H,43,53)(H,45,52)(H2,44,46,57)/t25-,26-,30-,31-,32-,33-,41+/m0/s1. The molecule has 0 bridgehead atoms. The van der Waals surface area contributed by atoms with Crippen molar-refractivity contribution in [2.45, 2.75) is 108 Å². The van der Waals surface area contributed by atoms with Crippen molar-refractivity contribution in [3.63, 3.8) is 0 Å². The smallest absolute Gasteiger partial charge is 0.319 e. The normalized spacial score (nSPS) is 24.4. The van der Waals surface area contributed by atoms with Gasteiger partial charge in [-0.1, -0.05) is 36.8 Å². The van der Waals surface area contributed by atoms with Crippen molar-refractivity contribution in [1.82, 2.24) is 30.7 Å². The molecule has 5 N–H and O–H groups in total. The van der Waals surface area contributed by atoms with Gasteiger partial charge in [-0.3, -0.25) is 28.8 Å². The van der Waals surface area contributed by atoms with E-state index in [1.54, 1.807) is 24.0 Å². The SMILES string of the molecule is Cc1cccc(C[C@H](NC(=O)Nc2ccc(I)cc2)C(=O)N[C@@H](CO)C(=O)N2CCC[C@H]2C(=O)N2CCCC[C@H]2C(=O)N[C@@H](C)C(=O)N2C[C@@H](C)C[C@]23CC3=O)c1. The summed E-state index contributed by atoms with van der Waals surface area (Å²) in [5.74, 6) is -2.33. The molecule has 57 heavy (non-hydrogen) atoms. The van der Waals surface area contributed by atoms with Crippen LogP contribution < -0.4 is 21.3 Å². The van der Waals surface area contributed by atoms with Gasteiger partial charge in [-0.05, 0) is 111 Å². The average molecular weight is 898 g/mol. The number of Topliss-reactive ketones (excluding diaryl/α,β-unsaturated/α-hetero) is 1. The summed E-state index contributed by atoms with van der Waals surface area (Å²) in [6, 6.07) is 8.73. The number of rotatable bonds is 12. The maximum Gasteiger partial charge on any atom is 0.319 e. The Balaban J connectivity index is 1.11. The summed E-state index contributed by atoms with van der Waals surface area (Å²) in [4.78, 5) is 99.1. The minimum atomic E-state index is -1.41. The summed E-state index contributed by atoms with van der Waals surface area (Å²) in [7, 11) is 0. The number of hydrogen-bond donors (Lipinski definition) is 5. The highest BCUT2D eigenvalue weighted by atomic mass is 127. The Labute approximate surface area is 346 Å². The van der Waals surface area contributed by atoms with Gasteiger partial charge in [0.1, 0.15) is 35.7 Å². The van der Waals surface area contributed by atoms with Crippen molar-refractivity contribution in [2.24, 2.45) is 5.92 Å². The van der Waals surface area contributed by atoms with E-state index in [1.807, 2.05) is 50.2 Å². The number of amides is 7. The number of aliphatic hydroxyl groups excluding tert-OH is 1. The number of ketones is 1. The maximum absolute atomic E-state index is 14.2. The van der Waals surface area contributed by atoms with E-state index in [9.17, 15) is 38.7 Å². The lowest BCUT2D eigenvalue weighted by atomic mass is 9.99. The summed E-state index contributed by atoms with van der Waals surface area (Å²) in [5.41, 5.74) is 1.50. The van der Waals surface area contributed by atoms with Crippen molar-refractivity contribution < 1.29 is 38.7 Å². The van der Waals surface area contributed by atoms with Crippen LogP contribution in [0, 0.1) is 16.4 Å². The molecule has 1 spiro atoms. The van der Waals surface area contributed by atoms with Crippen LogP contribution in [-0.4, -0.2) is 123 Å². The first-order valence-electron chi connectivity index (χ1n) is 19.8. The third-order valence-electron chi connectivity index (χ3n) is 11.5. The van der Waals surface area contributed by atoms with Crippen molar-refractivity contribution >= 4 is 69.6 Å². The molecule has 0 aromatic heterocycles. The number of nitrogens with one attached hydrogen (secondary N) is 4. The molecule has 3 heterocycles. The highest BCUT2D eigenvalue weighted by Crippen LogP contribution is 2.48. The number of carbonyl (C=O) groups excluding carboxylic acids is 7. The van der Waals surface area contributed by atoms with Gasteiger partial charge >= 0.3 is 6.03 Å². The molecule has 16 heteroatoms. The third-order valence-corrected chi connectivity index (χ3v) is 12.2. The second-order valence-electron chi connectivity index (χ2n) is 15.9. The Morgan fingerprint density at radius 1 is 0.895 bits per heavy atom. The van der Waals surface area contributed by atoms with Crippen LogP contribution in [0.4, 0.5) is 10.5 Å². The molecule has 4 aliphatic rings. The van der Waals surface area contributed by atoms with Crippen LogP contribution in [0.15, 0.2) is 48.5 Å². The van der Waals surface area contributed by atoms with E-state index in [1.165, 1.54) is 9.80 Å². The highest BCUT2D eigenvalue weighted by Gasteiger charge is 2.63. The monoisotopic (exact) mass is 897 g/mol. The van der Waals surface area contributed by atoms with Crippen LogP contribution in [0.25, 0.3) is 0 Å². The summed E-state index contributed by atoms with van der Waals surface area (Å²) < 4.78 is 0.982. The number of aryl methyl sites for hydroxylation is 1. The van der Waals surface area contributed by atoms with Crippen LogP contribution in [0.3, 0.4) is 0 Å². The Hall–Kier alpha value is -4.58. The van der Waals surface area contributed by atoms with E-state index in [-0.39, 0.29) is 37.1 Å². The van der Waals surface area contributed by atoms with Crippen molar-refractivity contribution in [2.75, 3.05) is 31.6 Å². The highest BCUT2D eigenvalue weighted by molar-refractivity contribution is 14.1. The topological polar surface area (TPSA) is 198 Å². The van der Waals surface area contributed by atoms with Crippen LogP contribution in [0.5, 0.6) is 0 Å². The predicted octanol–water partition coefficient (Wildman–Crippen LogP) is 2.27. The predicted molar refractivity (Wildman–Crippen MR) is 219 cm³/mol. The molecule has 3 aliphatic heterocycles. The minimum Gasteiger partial charge on any atom is -0.394 e. The van der Waals surface area contributed by atoms with Crippen LogP contribution in [0.1, 0.15) is 69.9 Å². The van der Waals surface area contributed by atoms with Gasteiger partial charge in [-0.2, -0.15) is 0 Å². The molecular formula is C41H52IN7O8. The summed E-state index contributed by atoms with van der Waals surface area (Å²) in [6.45, 7) is 5.69. The second kappa shape index (κ2) is 17.9. The number of carbonyl (C=O) groups is 7. The zero-order valence-electron chi connectivity index (χ0n) is 32.6. The molecule has 7 amide bonds. The number of hydrogen-bond acceptors (Lipinski definition) is 8. The molecule has 2 aromatic carbocycles. The van der Waals surface area contributed by atoms with E-state index in [0.29, 0.717) is 57.2 Å². The Morgan fingerprint density at radius 2 is 1.60 bits per heavy atom. The molecule has 7 atom stereocenters. The molecule has 306 valence electrons. The zero-order valence-corrected chi connectivity index (χ0v) is 34.8. The Morgan fingerprint density at radius 3 is 2.28 bits per heavy atom. The molecule has 3 saturated heterocycles. The number of halogens is 1. The number of urea groups is 1. The first kappa shape index (κ1) is 42.0. The fourth-order valence-electron chi connectivity index (χ4n) is 8.54. The molecule has 0 unspecified atom stereocenters. The zero-order chi connectivity index (χ0) is 41.0. The molecular weight excluding hydrogens is 845 g/mol. The van der Waals surface area contributed by atoms with Crippen LogP contribution in [0.2, 0.25) is 0 Å². The maximum atomic E-state index is 14.2. The third kappa shape index (κ3) is 9.59. The lowest BCUT2D eigenvalue weighted by molar-refractivity contribution is -0.151. The van der Waals surface area contributed by atoms with Crippen molar-refractivity contribution in [1.29, 1.82) is 0 Å². The Bertz CT molecular complexity index is 1890. The fourth-order valence-corrected chi connectivity index (χ4v) is 8.90. The first-order chi connectivity index (χ1) is 27.2.